The Morgan fingerprint density at radius 2 is 2.12 bits per heavy atom. The van der Waals surface area contributed by atoms with E-state index in [1.165, 1.54) is 0 Å². The van der Waals surface area contributed by atoms with Crippen molar-refractivity contribution in [3.63, 3.8) is 0 Å². The van der Waals surface area contributed by atoms with Crippen LogP contribution in [0, 0.1) is 5.92 Å². The van der Waals surface area contributed by atoms with Crippen LogP contribution in [0.25, 0.3) is 0 Å². The van der Waals surface area contributed by atoms with Crippen LogP contribution in [0.2, 0.25) is 0 Å². The molecule has 0 bridgehead atoms. The van der Waals surface area contributed by atoms with E-state index >= 15 is 0 Å². The Morgan fingerprint density at radius 1 is 1.38 bits per heavy atom. The second kappa shape index (κ2) is 6.43. The molecule has 0 aromatic carbocycles. The van der Waals surface area contributed by atoms with Gasteiger partial charge in [0.1, 0.15) is 5.82 Å². The quantitative estimate of drug-likeness (QED) is 0.795. The average molecular weight is 222 g/mol. The molecule has 0 saturated carbocycles. The summed E-state index contributed by atoms with van der Waals surface area (Å²) >= 11 is 0. The fourth-order valence-corrected chi connectivity index (χ4v) is 1.64. The molecule has 0 spiro atoms. The van der Waals surface area contributed by atoms with Crippen LogP contribution in [0.15, 0.2) is 12.4 Å². The summed E-state index contributed by atoms with van der Waals surface area (Å²) in [6.07, 6.45) is 3.65. The topological polar surface area (TPSA) is 41.1 Å². The number of aromatic nitrogens is 2. The second-order valence-corrected chi connectivity index (χ2v) is 4.33. The van der Waals surface area contributed by atoms with Crippen LogP contribution in [0.3, 0.4) is 0 Å². The van der Waals surface area contributed by atoms with Crippen LogP contribution < -0.4 is 10.2 Å². The molecule has 0 unspecified atom stereocenters. The summed E-state index contributed by atoms with van der Waals surface area (Å²) in [6.45, 7) is 9.33. The van der Waals surface area contributed by atoms with Crippen LogP contribution in [0.5, 0.6) is 0 Å². The van der Waals surface area contributed by atoms with Gasteiger partial charge in [0.2, 0.25) is 0 Å². The number of hydrogen-bond donors (Lipinski definition) is 1. The zero-order chi connectivity index (χ0) is 12.0. The highest BCUT2D eigenvalue weighted by molar-refractivity contribution is 5.36. The van der Waals surface area contributed by atoms with Crippen molar-refractivity contribution in [1.29, 1.82) is 0 Å². The third-order valence-corrected chi connectivity index (χ3v) is 2.32. The van der Waals surface area contributed by atoms with E-state index in [0.717, 1.165) is 31.1 Å². The van der Waals surface area contributed by atoms with Gasteiger partial charge in [-0.3, -0.25) is 4.98 Å². The zero-order valence-corrected chi connectivity index (χ0v) is 10.7. The van der Waals surface area contributed by atoms with Gasteiger partial charge < -0.3 is 10.2 Å². The van der Waals surface area contributed by atoms with Crippen molar-refractivity contribution in [3.05, 3.63) is 18.1 Å². The van der Waals surface area contributed by atoms with Crippen molar-refractivity contribution >= 4 is 5.82 Å². The molecule has 4 heteroatoms. The van der Waals surface area contributed by atoms with E-state index in [2.05, 4.69) is 41.0 Å². The summed E-state index contributed by atoms with van der Waals surface area (Å²) in [7, 11) is 1.92. The summed E-state index contributed by atoms with van der Waals surface area (Å²) in [4.78, 5) is 11.1. The maximum Gasteiger partial charge on any atom is 0.147 e. The van der Waals surface area contributed by atoms with Crippen LogP contribution in [0.4, 0.5) is 5.82 Å². The molecule has 1 rings (SSSR count). The highest BCUT2D eigenvalue weighted by atomic mass is 15.2. The second-order valence-electron chi connectivity index (χ2n) is 4.33. The maximum absolute atomic E-state index is 4.59. The largest absolute Gasteiger partial charge is 0.355 e. The van der Waals surface area contributed by atoms with Gasteiger partial charge >= 0.3 is 0 Å². The fourth-order valence-electron chi connectivity index (χ4n) is 1.64. The van der Waals surface area contributed by atoms with E-state index in [-0.39, 0.29) is 0 Å². The Bertz CT molecular complexity index is 312. The van der Waals surface area contributed by atoms with Crippen molar-refractivity contribution in [2.75, 3.05) is 25.0 Å². The minimum atomic E-state index is 0.634. The summed E-state index contributed by atoms with van der Waals surface area (Å²) in [5, 5.41) is 3.09. The van der Waals surface area contributed by atoms with Gasteiger partial charge in [0.25, 0.3) is 0 Å². The van der Waals surface area contributed by atoms with Crippen molar-refractivity contribution in [2.24, 2.45) is 5.92 Å². The van der Waals surface area contributed by atoms with Crippen LogP contribution in [0.1, 0.15) is 26.5 Å². The van der Waals surface area contributed by atoms with Crippen LogP contribution >= 0.6 is 0 Å². The Labute approximate surface area is 98.1 Å². The van der Waals surface area contributed by atoms with Crippen molar-refractivity contribution in [2.45, 2.75) is 27.3 Å². The molecule has 1 N–H and O–H groups in total. The van der Waals surface area contributed by atoms with Gasteiger partial charge in [-0.15, -0.1) is 0 Å². The van der Waals surface area contributed by atoms with E-state index in [1.807, 2.05) is 19.4 Å². The lowest BCUT2D eigenvalue weighted by Crippen LogP contribution is -2.28. The molecule has 16 heavy (non-hydrogen) atoms. The monoisotopic (exact) mass is 222 g/mol. The predicted octanol–water partition coefficient (Wildman–Crippen LogP) is 1.68. The molecule has 0 aliphatic carbocycles. The number of anilines is 1. The molecule has 0 atom stereocenters. The average Bonchev–Trinajstić information content (AvgIpc) is 2.26. The third kappa shape index (κ3) is 3.77. The standard InChI is InChI=1S/C12H22N4/c1-5-16(9-10(2)3)12-8-14-7-11(15-12)6-13-4/h7-8,10,13H,5-6,9H2,1-4H3. The Kier molecular flexibility index (Phi) is 5.19. The normalized spacial score (nSPS) is 10.8. The highest BCUT2D eigenvalue weighted by Crippen LogP contribution is 2.11. The van der Waals surface area contributed by atoms with Gasteiger partial charge in [0, 0.05) is 25.8 Å². The highest BCUT2D eigenvalue weighted by Gasteiger charge is 2.08. The molecule has 1 aromatic heterocycles. The van der Waals surface area contributed by atoms with Gasteiger partial charge in [0.05, 0.1) is 11.9 Å². The van der Waals surface area contributed by atoms with Gasteiger partial charge in [-0.05, 0) is 19.9 Å². The van der Waals surface area contributed by atoms with Gasteiger partial charge in [-0.2, -0.15) is 0 Å². The first-order chi connectivity index (χ1) is 7.67. The molecule has 4 nitrogen and oxygen atoms in total. The lowest BCUT2D eigenvalue weighted by molar-refractivity contribution is 0.612. The Hall–Kier alpha value is -1.16. The molecular weight excluding hydrogens is 200 g/mol. The summed E-state index contributed by atoms with van der Waals surface area (Å²) in [5.41, 5.74) is 0.988. The summed E-state index contributed by atoms with van der Waals surface area (Å²) < 4.78 is 0. The molecule has 0 radical (unpaired) electrons. The molecule has 0 aliphatic rings. The molecule has 1 aromatic rings. The smallest absolute Gasteiger partial charge is 0.147 e. The van der Waals surface area contributed by atoms with Crippen molar-refractivity contribution in [1.82, 2.24) is 15.3 Å². The Balaban J connectivity index is 2.79. The first-order valence-electron chi connectivity index (χ1n) is 5.87. The first kappa shape index (κ1) is 12.9. The molecule has 0 fully saturated rings. The van der Waals surface area contributed by atoms with Crippen molar-refractivity contribution < 1.29 is 0 Å². The molecule has 90 valence electrons. The fraction of sp³-hybridized carbons (Fsp3) is 0.667. The molecule has 0 amide bonds. The minimum Gasteiger partial charge on any atom is -0.355 e. The minimum absolute atomic E-state index is 0.634. The number of hydrogen-bond acceptors (Lipinski definition) is 4. The van der Waals surface area contributed by atoms with E-state index in [9.17, 15) is 0 Å². The molecule has 1 heterocycles. The maximum atomic E-state index is 4.59. The van der Waals surface area contributed by atoms with Crippen molar-refractivity contribution in [3.8, 4) is 0 Å². The van der Waals surface area contributed by atoms with E-state index in [1.54, 1.807) is 0 Å². The number of nitrogens with zero attached hydrogens (tertiary/aromatic N) is 3. The molecule has 0 saturated heterocycles. The lowest BCUT2D eigenvalue weighted by Gasteiger charge is -2.23. The molecule has 0 aliphatic heterocycles. The van der Waals surface area contributed by atoms with Gasteiger partial charge in [-0.1, -0.05) is 13.8 Å². The lowest BCUT2D eigenvalue weighted by atomic mass is 10.2. The van der Waals surface area contributed by atoms with E-state index < -0.39 is 0 Å². The van der Waals surface area contributed by atoms with Gasteiger partial charge in [0.15, 0.2) is 0 Å². The number of rotatable bonds is 6. The van der Waals surface area contributed by atoms with E-state index in [0.29, 0.717) is 5.92 Å². The van der Waals surface area contributed by atoms with E-state index in [4.69, 9.17) is 0 Å². The third-order valence-electron chi connectivity index (χ3n) is 2.32. The van der Waals surface area contributed by atoms with Crippen LogP contribution in [-0.4, -0.2) is 30.1 Å². The van der Waals surface area contributed by atoms with Gasteiger partial charge in [-0.25, -0.2) is 4.98 Å². The SMILES string of the molecule is CCN(CC(C)C)c1cncc(CNC)n1. The molecular formula is C12H22N4. The summed E-state index contributed by atoms with van der Waals surface area (Å²) in [5.74, 6) is 1.61. The number of nitrogens with one attached hydrogen (secondary N) is 1. The van der Waals surface area contributed by atoms with Crippen LogP contribution in [-0.2, 0) is 6.54 Å². The first-order valence-corrected chi connectivity index (χ1v) is 5.87. The summed E-state index contributed by atoms with van der Waals surface area (Å²) in [6, 6.07) is 0. The predicted molar refractivity (Wildman–Crippen MR) is 67.5 cm³/mol. The zero-order valence-electron chi connectivity index (χ0n) is 10.7. The Morgan fingerprint density at radius 3 is 2.69 bits per heavy atom.